The van der Waals surface area contributed by atoms with E-state index in [0.717, 1.165) is 0 Å². The monoisotopic (exact) mass is 227 g/mol. The van der Waals surface area contributed by atoms with Crippen molar-refractivity contribution >= 4 is 5.97 Å². The molecule has 13 heavy (non-hydrogen) atoms. The third-order valence-electron chi connectivity index (χ3n) is 1.02. The van der Waals surface area contributed by atoms with Crippen molar-refractivity contribution in [3.63, 3.8) is 0 Å². The normalized spacial score (nSPS) is 7.08. The van der Waals surface area contributed by atoms with Gasteiger partial charge in [0, 0.05) is 19.5 Å². The average Bonchev–Trinajstić information content (AvgIpc) is 2.07. The van der Waals surface area contributed by atoms with Gasteiger partial charge in [0.15, 0.2) is 0 Å². The molecule has 0 heterocycles. The summed E-state index contributed by atoms with van der Waals surface area (Å²) in [6, 6.07) is 8.30. The molecule has 1 aromatic carbocycles. The summed E-state index contributed by atoms with van der Waals surface area (Å²) in [6.07, 6.45) is 1.50. The fourth-order valence-electron chi connectivity index (χ4n) is 0.581. The molecular formula is C10H11O2Zn-. The van der Waals surface area contributed by atoms with E-state index in [1.54, 1.807) is 30.3 Å². The fraction of sp³-hybridized carbons (Fsp3) is 0. The second-order valence-electron chi connectivity index (χ2n) is 1.96. The van der Waals surface area contributed by atoms with E-state index in [9.17, 15) is 4.79 Å². The van der Waals surface area contributed by atoms with Gasteiger partial charge in [-0.2, -0.15) is 0 Å². The summed E-state index contributed by atoms with van der Waals surface area (Å²) < 4.78 is 0. The van der Waals surface area contributed by atoms with E-state index >= 15 is 0 Å². The Morgan fingerprint density at radius 2 is 1.77 bits per heavy atom. The maximum atomic E-state index is 10.2. The number of carboxylic acids is 1. The van der Waals surface area contributed by atoms with Crippen molar-refractivity contribution in [2.75, 3.05) is 0 Å². The fourth-order valence-corrected chi connectivity index (χ4v) is 0.581. The van der Waals surface area contributed by atoms with Crippen LogP contribution in [0.25, 0.3) is 0 Å². The number of allylic oxidation sites excluding steroid dienone is 1. The second-order valence-corrected chi connectivity index (χ2v) is 1.96. The number of aromatic carboxylic acids is 1. The average molecular weight is 229 g/mol. The first-order chi connectivity index (χ1) is 5.72. The molecule has 0 atom stereocenters. The van der Waals surface area contributed by atoms with Crippen LogP contribution in [0.1, 0.15) is 10.4 Å². The molecule has 0 fully saturated rings. The van der Waals surface area contributed by atoms with Gasteiger partial charge in [0.05, 0.1) is 5.56 Å². The summed E-state index contributed by atoms with van der Waals surface area (Å²) in [5, 5.41) is 8.38. The first kappa shape index (κ1) is 14.4. The van der Waals surface area contributed by atoms with Crippen LogP contribution in [-0.2, 0) is 19.5 Å². The molecule has 0 aliphatic rings. The third-order valence-corrected chi connectivity index (χ3v) is 1.02. The maximum absolute atomic E-state index is 10.2. The van der Waals surface area contributed by atoms with Gasteiger partial charge in [-0.25, -0.2) is 24.4 Å². The molecule has 2 nitrogen and oxygen atoms in total. The van der Waals surface area contributed by atoms with E-state index < -0.39 is 5.97 Å². The van der Waals surface area contributed by atoms with E-state index in [2.05, 4.69) is 13.5 Å². The molecule has 0 amide bonds. The Hall–Kier alpha value is -1.08. The molecule has 1 rings (SSSR count). The molecule has 0 unspecified atom stereocenters. The maximum Gasteiger partial charge on any atom is 0.335 e. The van der Waals surface area contributed by atoms with Gasteiger partial charge in [-0.3, -0.25) is 0 Å². The van der Waals surface area contributed by atoms with Gasteiger partial charge in [-0.15, -0.1) is 0 Å². The molecule has 1 N–H and O–H groups in total. The number of carboxylic acid groups (broad SMARTS) is 1. The number of rotatable bonds is 1. The smallest absolute Gasteiger partial charge is 0.335 e. The zero-order valence-corrected chi connectivity index (χ0v) is 10.4. The molecule has 0 aliphatic heterocycles. The quantitative estimate of drug-likeness (QED) is 0.592. The van der Waals surface area contributed by atoms with Crippen LogP contribution in [0.3, 0.4) is 0 Å². The van der Waals surface area contributed by atoms with Crippen molar-refractivity contribution in [3.05, 3.63) is 55.5 Å². The van der Waals surface area contributed by atoms with Crippen molar-refractivity contribution in [3.8, 4) is 0 Å². The molecule has 66 valence electrons. The van der Waals surface area contributed by atoms with Crippen LogP contribution >= 0.6 is 0 Å². The standard InChI is InChI=1S/C7H6O2.C3H5.Zn/c8-7(9)6-4-2-1-3-5-6;1-3-2;/h1-5H,(H,8,9);3H,1-2H2;/q;-1;. The summed E-state index contributed by atoms with van der Waals surface area (Å²) in [7, 11) is 0. The van der Waals surface area contributed by atoms with Gasteiger partial charge < -0.3 is 5.11 Å². The van der Waals surface area contributed by atoms with Gasteiger partial charge in [0.1, 0.15) is 0 Å². The van der Waals surface area contributed by atoms with Gasteiger partial charge in [-0.05, 0) is 12.1 Å². The zero-order chi connectivity index (χ0) is 9.40. The van der Waals surface area contributed by atoms with Crippen LogP contribution in [0.15, 0.2) is 43.0 Å². The number of hydrogen-bond acceptors (Lipinski definition) is 1. The predicted molar refractivity (Wildman–Crippen MR) is 49.0 cm³/mol. The van der Waals surface area contributed by atoms with Crippen LogP contribution in [0.4, 0.5) is 0 Å². The Labute approximate surface area is 91.0 Å². The minimum absolute atomic E-state index is 0. The minimum atomic E-state index is -0.879. The van der Waals surface area contributed by atoms with Gasteiger partial charge in [-0.1, -0.05) is 18.2 Å². The predicted octanol–water partition coefficient (Wildman–Crippen LogP) is 2.39. The topological polar surface area (TPSA) is 37.3 Å². The number of carbonyl (C=O) groups is 1. The first-order valence-corrected chi connectivity index (χ1v) is 3.40. The van der Waals surface area contributed by atoms with Crippen LogP contribution in [-0.4, -0.2) is 11.1 Å². The van der Waals surface area contributed by atoms with Crippen molar-refractivity contribution in [1.29, 1.82) is 0 Å². The minimum Gasteiger partial charge on any atom is -0.478 e. The Morgan fingerprint density at radius 3 is 2.00 bits per heavy atom. The van der Waals surface area contributed by atoms with E-state index in [1.165, 1.54) is 6.08 Å². The molecule has 0 spiro atoms. The molecule has 3 heteroatoms. The van der Waals surface area contributed by atoms with Crippen molar-refractivity contribution < 1.29 is 29.4 Å². The summed E-state index contributed by atoms with van der Waals surface area (Å²) in [5.41, 5.74) is 0.331. The molecule has 0 saturated heterocycles. The van der Waals surface area contributed by atoms with E-state index in [1.807, 2.05) is 0 Å². The van der Waals surface area contributed by atoms with E-state index in [-0.39, 0.29) is 19.5 Å². The van der Waals surface area contributed by atoms with Crippen LogP contribution in [0.5, 0.6) is 0 Å². The Balaban J connectivity index is 0. The van der Waals surface area contributed by atoms with Crippen LogP contribution in [0, 0.1) is 6.92 Å². The number of hydrogen-bond donors (Lipinski definition) is 1. The number of benzene rings is 1. The summed E-state index contributed by atoms with van der Waals surface area (Å²) in [4.78, 5) is 10.2. The van der Waals surface area contributed by atoms with E-state index in [0.29, 0.717) is 5.56 Å². The summed E-state index contributed by atoms with van der Waals surface area (Å²) in [5.74, 6) is -0.879. The largest absolute Gasteiger partial charge is 0.478 e. The summed E-state index contributed by atoms with van der Waals surface area (Å²) in [6.45, 7) is 6.50. The van der Waals surface area contributed by atoms with Gasteiger partial charge in [0.2, 0.25) is 0 Å². The molecular weight excluding hydrogens is 217 g/mol. The van der Waals surface area contributed by atoms with Crippen molar-refractivity contribution in [2.45, 2.75) is 0 Å². The SMILES string of the molecule is C=C[CH2-].O=C(O)c1ccccc1.[Zn]. The summed E-state index contributed by atoms with van der Waals surface area (Å²) >= 11 is 0. The molecule has 1 aromatic rings. The first-order valence-electron chi connectivity index (χ1n) is 3.40. The third kappa shape index (κ3) is 7.29. The molecule has 0 bridgehead atoms. The molecule has 0 saturated carbocycles. The van der Waals surface area contributed by atoms with Crippen molar-refractivity contribution in [2.24, 2.45) is 0 Å². The molecule has 0 aromatic heterocycles. The molecule has 0 radical (unpaired) electrons. The Bertz CT molecular complexity index is 244. The Morgan fingerprint density at radius 1 is 1.38 bits per heavy atom. The van der Waals surface area contributed by atoms with Crippen LogP contribution in [0.2, 0.25) is 0 Å². The second kappa shape index (κ2) is 9.01. The molecule has 0 aliphatic carbocycles. The van der Waals surface area contributed by atoms with E-state index in [4.69, 9.17) is 5.11 Å². The van der Waals surface area contributed by atoms with Gasteiger partial charge in [0.25, 0.3) is 0 Å². The van der Waals surface area contributed by atoms with Crippen LogP contribution < -0.4 is 0 Å². The Kier molecular flexibility index (Phi) is 10.0. The van der Waals surface area contributed by atoms with Gasteiger partial charge >= 0.3 is 5.97 Å². The zero-order valence-electron chi connectivity index (χ0n) is 7.44. The van der Waals surface area contributed by atoms with Crippen molar-refractivity contribution in [1.82, 2.24) is 0 Å².